The largest absolute Gasteiger partial charge is 0.377 e. The number of nitrogens with one attached hydrogen (secondary N) is 1. The predicted molar refractivity (Wildman–Crippen MR) is 99.0 cm³/mol. The summed E-state index contributed by atoms with van der Waals surface area (Å²) < 4.78 is 33.6. The van der Waals surface area contributed by atoms with E-state index >= 15 is 0 Å². The van der Waals surface area contributed by atoms with Crippen molar-refractivity contribution < 1.29 is 23.5 Å². The van der Waals surface area contributed by atoms with Crippen molar-refractivity contribution in [3.63, 3.8) is 0 Å². The summed E-state index contributed by atoms with van der Waals surface area (Å²) >= 11 is 6.01. The maximum Gasteiger partial charge on any atom is 0.245 e. The van der Waals surface area contributed by atoms with E-state index in [4.69, 9.17) is 21.5 Å². The fraction of sp³-hybridized carbons (Fsp3) is 0.350. The van der Waals surface area contributed by atoms with Crippen molar-refractivity contribution in [3.05, 3.63) is 69.7 Å². The Balaban J connectivity index is 2.46. The highest BCUT2D eigenvalue weighted by atomic mass is 35.5. The zero-order valence-corrected chi connectivity index (χ0v) is 15.9. The van der Waals surface area contributed by atoms with Gasteiger partial charge in [0.25, 0.3) is 0 Å². The molecule has 0 saturated carbocycles. The highest BCUT2D eigenvalue weighted by molar-refractivity contribution is 6.30. The molecule has 0 aliphatic heterocycles. The summed E-state index contributed by atoms with van der Waals surface area (Å²) in [6.45, 7) is 3.94. The number of aryl methyl sites for hydroxylation is 1. The number of carbonyl (C=O) groups excluding carboxylic acids is 1. The summed E-state index contributed by atoms with van der Waals surface area (Å²) in [6.07, 6.45) is -0.523. The van der Waals surface area contributed by atoms with Gasteiger partial charge in [-0.05, 0) is 55.2 Å². The van der Waals surface area contributed by atoms with E-state index in [9.17, 15) is 13.6 Å². The van der Waals surface area contributed by atoms with Crippen LogP contribution in [0.3, 0.4) is 0 Å². The fourth-order valence-electron chi connectivity index (χ4n) is 3.13. The minimum atomic E-state index is -0.711. The molecule has 2 aromatic rings. The average Bonchev–Trinajstić information content (AvgIpc) is 2.61. The molecule has 27 heavy (non-hydrogen) atoms. The maximum atomic E-state index is 14.5. The van der Waals surface area contributed by atoms with Gasteiger partial charge in [-0.2, -0.15) is 0 Å². The first kappa shape index (κ1) is 21.3. The molecule has 0 bridgehead atoms. The van der Waals surface area contributed by atoms with Crippen molar-refractivity contribution in [3.8, 4) is 0 Å². The highest BCUT2D eigenvalue weighted by Crippen LogP contribution is 2.32. The number of rotatable bonds is 8. The van der Waals surface area contributed by atoms with Gasteiger partial charge in [0.15, 0.2) is 0 Å². The lowest BCUT2D eigenvalue weighted by Gasteiger charge is -2.28. The van der Waals surface area contributed by atoms with Gasteiger partial charge in [0, 0.05) is 23.6 Å². The third-order valence-corrected chi connectivity index (χ3v) is 4.68. The summed E-state index contributed by atoms with van der Waals surface area (Å²) in [6, 6.07) is 8.72. The van der Waals surface area contributed by atoms with Crippen LogP contribution in [0.5, 0.6) is 0 Å². The van der Waals surface area contributed by atoms with Crippen LogP contribution in [-0.2, 0) is 16.0 Å². The van der Waals surface area contributed by atoms with Crippen LogP contribution in [0.1, 0.15) is 36.0 Å². The lowest BCUT2D eigenvalue weighted by Crippen LogP contribution is -2.32. The molecule has 7 heteroatoms. The number of halogens is 3. The van der Waals surface area contributed by atoms with Gasteiger partial charge in [-0.1, -0.05) is 23.7 Å². The van der Waals surface area contributed by atoms with Crippen molar-refractivity contribution in [1.29, 1.82) is 0 Å². The Morgan fingerprint density at radius 3 is 2.59 bits per heavy atom. The van der Waals surface area contributed by atoms with E-state index in [0.29, 0.717) is 18.1 Å². The monoisotopic (exact) mass is 397 g/mol. The molecular formula is C20H22ClF2NO3. The Hall–Kier alpha value is -2.02. The lowest BCUT2D eigenvalue weighted by molar-refractivity contribution is -0.132. The van der Waals surface area contributed by atoms with Gasteiger partial charge < -0.3 is 4.74 Å². The standard InChI is InChI=1S/C20H22ClF2NO3/c1-3-27-19(11-20(25)24-26)17(16-7-6-15(22)10-18(16)23)9-13-4-5-14(21)8-12(13)2/h4-8,10,17,19,26H,3,9,11H2,1-2H3,(H,24,25)/t17?,19-/m1/s1. The molecule has 2 N–H and O–H groups in total. The van der Waals surface area contributed by atoms with E-state index in [-0.39, 0.29) is 12.0 Å². The molecule has 1 unspecified atom stereocenters. The van der Waals surface area contributed by atoms with Gasteiger partial charge >= 0.3 is 0 Å². The van der Waals surface area contributed by atoms with Crippen molar-refractivity contribution in [2.24, 2.45) is 0 Å². The Bertz CT molecular complexity index is 801. The van der Waals surface area contributed by atoms with E-state index in [0.717, 1.165) is 17.2 Å². The summed E-state index contributed by atoms with van der Waals surface area (Å²) in [5.41, 5.74) is 3.64. The number of carbonyl (C=O) groups is 1. The second-order valence-corrected chi connectivity index (χ2v) is 6.72. The zero-order valence-electron chi connectivity index (χ0n) is 15.1. The van der Waals surface area contributed by atoms with E-state index in [1.807, 2.05) is 13.0 Å². The molecule has 0 aromatic heterocycles. The molecule has 0 aliphatic rings. The molecule has 0 heterocycles. The first-order valence-electron chi connectivity index (χ1n) is 8.60. The van der Waals surface area contributed by atoms with Crippen molar-refractivity contribution in [2.45, 2.75) is 38.7 Å². The number of ether oxygens (including phenoxy) is 1. The first-order chi connectivity index (χ1) is 12.8. The van der Waals surface area contributed by atoms with Gasteiger partial charge in [0.1, 0.15) is 11.6 Å². The van der Waals surface area contributed by atoms with Crippen LogP contribution in [-0.4, -0.2) is 23.8 Å². The SMILES string of the molecule is CCO[C@H](CC(=O)NO)C(Cc1ccc(Cl)cc1C)c1ccc(F)cc1F. The van der Waals surface area contributed by atoms with Crippen LogP contribution in [0.4, 0.5) is 8.78 Å². The van der Waals surface area contributed by atoms with Crippen LogP contribution in [0.15, 0.2) is 36.4 Å². The van der Waals surface area contributed by atoms with Crippen molar-refractivity contribution >= 4 is 17.5 Å². The number of benzene rings is 2. The lowest BCUT2D eigenvalue weighted by atomic mass is 9.84. The topological polar surface area (TPSA) is 58.6 Å². The fourth-order valence-corrected chi connectivity index (χ4v) is 3.36. The molecule has 0 saturated heterocycles. The van der Waals surface area contributed by atoms with Crippen LogP contribution in [0, 0.1) is 18.6 Å². The third kappa shape index (κ3) is 5.73. The Morgan fingerprint density at radius 2 is 2.00 bits per heavy atom. The normalized spacial score (nSPS) is 13.3. The summed E-state index contributed by atoms with van der Waals surface area (Å²) in [7, 11) is 0. The van der Waals surface area contributed by atoms with E-state index in [1.54, 1.807) is 24.5 Å². The molecule has 0 aliphatic carbocycles. The summed E-state index contributed by atoms with van der Waals surface area (Å²) in [4.78, 5) is 11.7. The Morgan fingerprint density at radius 1 is 1.26 bits per heavy atom. The molecule has 0 fully saturated rings. The summed E-state index contributed by atoms with van der Waals surface area (Å²) in [5.74, 6) is -2.60. The van der Waals surface area contributed by atoms with Crippen LogP contribution in [0.2, 0.25) is 5.02 Å². The van der Waals surface area contributed by atoms with Gasteiger partial charge in [-0.3, -0.25) is 10.0 Å². The van der Waals surface area contributed by atoms with E-state index in [2.05, 4.69) is 0 Å². The minimum absolute atomic E-state index is 0.168. The maximum absolute atomic E-state index is 14.5. The van der Waals surface area contributed by atoms with Crippen LogP contribution < -0.4 is 5.48 Å². The van der Waals surface area contributed by atoms with Gasteiger partial charge in [0.05, 0.1) is 12.5 Å². The predicted octanol–water partition coefficient (Wildman–Crippen LogP) is 4.55. The van der Waals surface area contributed by atoms with E-state index < -0.39 is 29.6 Å². The van der Waals surface area contributed by atoms with Crippen molar-refractivity contribution in [2.75, 3.05) is 6.61 Å². The molecule has 2 aromatic carbocycles. The second kappa shape index (κ2) is 9.78. The average molecular weight is 398 g/mol. The number of amides is 1. The zero-order chi connectivity index (χ0) is 20.0. The molecule has 2 atom stereocenters. The minimum Gasteiger partial charge on any atom is -0.377 e. The quantitative estimate of drug-likeness (QED) is 0.507. The number of hydroxylamine groups is 1. The number of hydrogen-bond donors (Lipinski definition) is 2. The molecule has 4 nitrogen and oxygen atoms in total. The molecular weight excluding hydrogens is 376 g/mol. The molecule has 146 valence electrons. The van der Waals surface area contributed by atoms with E-state index in [1.165, 1.54) is 12.1 Å². The Labute approximate surface area is 162 Å². The van der Waals surface area contributed by atoms with Gasteiger partial charge in [0.2, 0.25) is 5.91 Å². The Kier molecular flexibility index (Phi) is 7.71. The molecule has 0 spiro atoms. The van der Waals surface area contributed by atoms with Crippen molar-refractivity contribution in [1.82, 2.24) is 5.48 Å². The van der Waals surface area contributed by atoms with Gasteiger partial charge in [-0.25, -0.2) is 14.3 Å². The van der Waals surface area contributed by atoms with Crippen LogP contribution >= 0.6 is 11.6 Å². The molecule has 0 radical (unpaired) electrons. The number of hydrogen-bond acceptors (Lipinski definition) is 3. The molecule has 2 rings (SSSR count). The van der Waals surface area contributed by atoms with Gasteiger partial charge in [-0.15, -0.1) is 0 Å². The second-order valence-electron chi connectivity index (χ2n) is 6.28. The highest BCUT2D eigenvalue weighted by Gasteiger charge is 2.29. The third-order valence-electron chi connectivity index (χ3n) is 4.45. The molecule has 1 amide bonds. The van der Waals surface area contributed by atoms with Crippen LogP contribution in [0.25, 0.3) is 0 Å². The first-order valence-corrected chi connectivity index (χ1v) is 8.98. The summed E-state index contributed by atoms with van der Waals surface area (Å²) in [5, 5.41) is 9.45. The smallest absolute Gasteiger partial charge is 0.245 e.